The van der Waals surface area contributed by atoms with Gasteiger partial charge in [0, 0.05) is 24.8 Å². The van der Waals surface area contributed by atoms with Gasteiger partial charge in [-0.1, -0.05) is 12.1 Å². The molecule has 1 fully saturated rings. The van der Waals surface area contributed by atoms with Crippen molar-refractivity contribution in [3.63, 3.8) is 0 Å². The summed E-state index contributed by atoms with van der Waals surface area (Å²) >= 11 is 0. The van der Waals surface area contributed by atoms with Crippen LogP contribution in [0.15, 0.2) is 36.8 Å². The van der Waals surface area contributed by atoms with Crippen molar-refractivity contribution in [2.24, 2.45) is 0 Å². The number of nitrogens with zero attached hydrogens (tertiary/aromatic N) is 3. The van der Waals surface area contributed by atoms with Crippen LogP contribution in [0, 0.1) is 5.82 Å². The summed E-state index contributed by atoms with van der Waals surface area (Å²) in [5.74, 6) is 0.655. The number of morpholine rings is 1. The van der Waals surface area contributed by atoms with Crippen LogP contribution in [0.4, 0.5) is 10.2 Å². The Hall–Kier alpha value is -2.47. The van der Waals surface area contributed by atoms with E-state index in [0.717, 1.165) is 41.1 Å². The second-order valence-electron chi connectivity index (χ2n) is 5.23. The molecule has 0 saturated carbocycles. The quantitative estimate of drug-likeness (QED) is 0.790. The second kappa shape index (κ2) is 5.38. The van der Waals surface area contributed by atoms with Gasteiger partial charge in [0.1, 0.15) is 23.6 Å². The standard InChI is InChI=1S/C16H15FN4O/c17-12-3-1-11(2-4-12)13-9-18-15-14(13)16(20-10-19-15)21-5-7-22-8-6-21/h1-4,9-10H,5-8H2,(H,18,19,20). The van der Waals surface area contributed by atoms with Crippen molar-refractivity contribution in [1.82, 2.24) is 15.0 Å². The molecule has 0 unspecified atom stereocenters. The van der Waals surface area contributed by atoms with Crippen molar-refractivity contribution < 1.29 is 9.13 Å². The first-order valence-corrected chi connectivity index (χ1v) is 7.23. The van der Waals surface area contributed by atoms with Crippen molar-refractivity contribution >= 4 is 16.9 Å². The molecule has 1 aliphatic rings. The number of ether oxygens (including phenoxy) is 1. The maximum absolute atomic E-state index is 13.2. The van der Waals surface area contributed by atoms with E-state index < -0.39 is 0 Å². The summed E-state index contributed by atoms with van der Waals surface area (Å²) in [5.41, 5.74) is 2.71. The van der Waals surface area contributed by atoms with E-state index in [-0.39, 0.29) is 5.82 Å². The molecule has 1 aliphatic heterocycles. The number of halogens is 1. The van der Waals surface area contributed by atoms with Gasteiger partial charge in [0.25, 0.3) is 0 Å². The van der Waals surface area contributed by atoms with Gasteiger partial charge in [-0.2, -0.15) is 0 Å². The smallest absolute Gasteiger partial charge is 0.143 e. The van der Waals surface area contributed by atoms with Crippen LogP contribution in [-0.2, 0) is 4.74 Å². The van der Waals surface area contributed by atoms with Crippen molar-refractivity contribution in [2.45, 2.75) is 0 Å². The third kappa shape index (κ3) is 2.21. The number of aromatic nitrogens is 3. The molecule has 0 bridgehead atoms. The normalized spacial score (nSPS) is 15.4. The van der Waals surface area contributed by atoms with Gasteiger partial charge >= 0.3 is 0 Å². The molecule has 1 aromatic carbocycles. The molecule has 6 heteroatoms. The Labute approximate surface area is 126 Å². The zero-order valence-corrected chi connectivity index (χ0v) is 11.9. The molecule has 4 rings (SSSR count). The number of fused-ring (bicyclic) bond motifs is 1. The van der Waals surface area contributed by atoms with Crippen molar-refractivity contribution in [2.75, 3.05) is 31.2 Å². The topological polar surface area (TPSA) is 54.0 Å². The largest absolute Gasteiger partial charge is 0.378 e. The summed E-state index contributed by atoms with van der Waals surface area (Å²) in [6.07, 6.45) is 3.47. The average Bonchev–Trinajstić information content (AvgIpc) is 3.00. The van der Waals surface area contributed by atoms with E-state index in [1.165, 1.54) is 12.1 Å². The van der Waals surface area contributed by atoms with E-state index in [9.17, 15) is 4.39 Å². The highest BCUT2D eigenvalue weighted by molar-refractivity contribution is 6.01. The Morgan fingerprint density at radius 3 is 2.64 bits per heavy atom. The van der Waals surface area contributed by atoms with Gasteiger partial charge in [0.2, 0.25) is 0 Å². The lowest BCUT2D eigenvalue weighted by Gasteiger charge is -2.28. The first kappa shape index (κ1) is 13.2. The van der Waals surface area contributed by atoms with E-state index in [1.807, 2.05) is 6.20 Å². The molecule has 3 heterocycles. The zero-order valence-electron chi connectivity index (χ0n) is 11.9. The lowest BCUT2D eigenvalue weighted by atomic mass is 10.1. The van der Waals surface area contributed by atoms with Gasteiger partial charge < -0.3 is 14.6 Å². The first-order chi connectivity index (χ1) is 10.8. The fourth-order valence-electron chi connectivity index (χ4n) is 2.82. The fraction of sp³-hybridized carbons (Fsp3) is 0.250. The number of nitrogens with one attached hydrogen (secondary N) is 1. The number of aromatic amines is 1. The minimum atomic E-state index is -0.242. The number of rotatable bonds is 2. The predicted molar refractivity (Wildman–Crippen MR) is 82.3 cm³/mol. The molecule has 0 atom stereocenters. The number of hydrogen-bond acceptors (Lipinski definition) is 4. The van der Waals surface area contributed by atoms with Gasteiger partial charge in [0.15, 0.2) is 0 Å². The molecule has 0 radical (unpaired) electrons. The molecule has 1 saturated heterocycles. The van der Waals surface area contributed by atoms with Crippen LogP contribution < -0.4 is 4.90 Å². The summed E-state index contributed by atoms with van der Waals surface area (Å²) < 4.78 is 18.6. The molecule has 0 amide bonds. The van der Waals surface area contributed by atoms with Crippen molar-refractivity contribution in [3.05, 3.63) is 42.6 Å². The van der Waals surface area contributed by atoms with Gasteiger partial charge in [-0.3, -0.25) is 0 Å². The molecule has 22 heavy (non-hydrogen) atoms. The summed E-state index contributed by atoms with van der Waals surface area (Å²) in [7, 11) is 0. The lowest BCUT2D eigenvalue weighted by Crippen LogP contribution is -2.36. The maximum Gasteiger partial charge on any atom is 0.143 e. The highest BCUT2D eigenvalue weighted by Gasteiger charge is 2.19. The van der Waals surface area contributed by atoms with E-state index in [4.69, 9.17) is 4.74 Å². The first-order valence-electron chi connectivity index (χ1n) is 7.23. The minimum absolute atomic E-state index is 0.242. The highest BCUT2D eigenvalue weighted by Crippen LogP contribution is 2.33. The molecule has 1 N–H and O–H groups in total. The number of H-pyrrole nitrogens is 1. The van der Waals surface area contributed by atoms with Crippen molar-refractivity contribution in [3.8, 4) is 11.1 Å². The molecular weight excluding hydrogens is 283 g/mol. The third-order valence-corrected chi connectivity index (χ3v) is 3.92. The summed E-state index contributed by atoms with van der Waals surface area (Å²) in [6.45, 7) is 3.00. The number of hydrogen-bond donors (Lipinski definition) is 1. The zero-order chi connectivity index (χ0) is 14.9. The maximum atomic E-state index is 13.2. The predicted octanol–water partition coefficient (Wildman–Crippen LogP) is 2.60. The Morgan fingerprint density at radius 1 is 1.09 bits per heavy atom. The van der Waals surface area contributed by atoms with E-state index in [1.54, 1.807) is 18.5 Å². The Kier molecular flexibility index (Phi) is 3.23. The van der Waals surface area contributed by atoms with Crippen LogP contribution in [0.25, 0.3) is 22.2 Å². The van der Waals surface area contributed by atoms with E-state index in [0.29, 0.717) is 13.2 Å². The minimum Gasteiger partial charge on any atom is -0.378 e. The second-order valence-corrected chi connectivity index (χ2v) is 5.23. The monoisotopic (exact) mass is 298 g/mol. The number of anilines is 1. The molecule has 5 nitrogen and oxygen atoms in total. The van der Waals surface area contributed by atoms with Crippen LogP contribution in [0.1, 0.15) is 0 Å². The molecule has 0 spiro atoms. The summed E-state index contributed by atoms with van der Waals surface area (Å²) in [4.78, 5) is 14.2. The van der Waals surface area contributed by atoms with E-state index >= 15 is 0 Å². The van der Waals surface area contributed by atoms with E-state index in [2.05, 4.69) is 19.9 Å². The lowest BCUT2D eigenvalue weighted by molar-refractivity contribution is 0.122. The van der Waals surface area contributed by atoms with Crippen LogP contribution in [-0.4, -0.2) is 41.3 Å². The van der Waals surface area contributed by atoms with Crippen LogP contribution in [0.2, 0.25) is 0 Å². The number of benzene rings is 1. The third-order valence-electron chi connectivity index (χ3n) is 3.92. The summed E-state index contributed by atoms with van der Waals surface area (Å²) in [5, 5.41) is 0.969. The van der Waals surface area contributed by atoms with Gasteiger partial charge in [-0.15, -0.1) is 0 Å². The Bertz CT molecular complexity index is 794. The average molecular weight is 298 g/mol. The molecule has 3 aromatic rings. The van der Waals surface area contributed by atoms with Crippen LogP contribution >= 0.6 is 0 Å². The highest BCUT2D eigenvalue weighted by atomic mass is 19.1. The van der Waals surface area contributed by atoms with Gasteiger partial charge in [0.05, 0.1) is 18.6 Å². The molecule has 0 aliphatic carbocycles. The van der Waals surface area contributed by atoms with Crippen LogP contribution in [0.3, 0.4) is 0 Å². The molecule has 2 aromatic heterocycles. The fourth-order valence-corrected chi connectivity index (χ4v) is 2.82. The SMILES string of the molecule is Fc1ccc(-c2c[nH]c3ncnc(N4CCOCC4)c23)cc1. The van der Waals surface area contributed by atoms with Crippen LogP contribution in [0.5, 0.6) is 0 Å². The van der Waals surface area contributed by atoms with Gasteiger partial charge in [-0.25, -0.2) is 14.4 Å². The molecule has 112 valence electrons. The Morgan fingerprint density at radius 2 is 1.86 bits per heavy atom. The van der Waals surface area contributed by atoms with Crippen molar-refractivity contribution in [1.29, 1.82) is 0 Å². The summed E-state index contributed by atoms with van der Waals surface area (Å²) in [6, 6.07) is 6.47. The van der Waals surface area contributed by atoms with Gasteiger partial charge in [-0.05, 0) is 17.7 Å². The Balaban J connectivity index is 1.87. The molecular formula is C16H15FN4O.